The molecule has 0 saturated heterocycles. The molecule has 5 heterocycles. The fraction of sp³-hybridized carbons (Fsp3) is 0. The summed E-state index contributed by atoms with van der Waals surface area (Å²) in [6.07, 6.45) is 2.76. The standard InChI is InChI=1S/C37H21N7O5S/c45-36-37(46)44(31-19-38-49-42-31)35-26(43(36)25-10-6-12-28-34(25)39-22-8-1-3-11-27(22)48-28)16-15-20(32(35)24-17-18-47-41-24)21-7-5-14-30-33(21)40-23-9-2-4-13-29(23)50-30/h1-19,39-40H. The van der Waals surface area contributed by atoms with E-state index in [2.05, 4.69) is 38.2 Å². The molecule has 3 aromatic heterocycles. The van der Waals surface area contributed by atoms with Crippen molar-refractivity contribution >= 4 is 45.5 Å². The van der Waals surface area contributed by atoms with E-state index in [9.17, 15) is 9.59 Å². The van der Waals surface area contributed by atoms with Gasteiger partial charge in [0.15, 0.2) is 11.5 Å². The van der Waals surface area contributed by atoms with Crippen LogP contribution in [0.25, 0.3) is 44.9 Å². The third-order valence-electron chi connectivity index (χ3n) is 8.78. The molecule has 0 amide bonds. The third kappa shape index (κ3) is 4.17. The maximum absolute atomic E-state index is 14.4. The van der Waals surface area contributed by atoms with Gasteiger partial charge in [-0.05, 0) is 59.3 Å². The molecule has 13 heteroatoms. The summed E-state index contributed by atoms with van der Waals surface area (Å²) in [6.45, 7) is 0. The quantitative estimate of drug-likeness (QED) is 0.176. The van der Waals surface area contributed by atoms with Crippen molar-refractivity contribution in [1.29, 1.82) is 0 Å². The molecule has 5 aromatic carbocycles. The highest BCUT2D eigenvalue weighted by Crippen LogP contribution is 2.50. The van der Waals surface area contributed by atoms with Crippen molar-refractivity contribution in [3.8, 4) is 45.4 Å². The molecule has 10 rings (SSSR count). The Morgan fingerprint density at radius 1 is 0.660 bits per heavy atom. The number of hydrogen-bond donors (Lipinski definition) is 2. The minimum Gasteiger partial charge on any atom is -0.453 e. The Labute approximate surface area is 285 Å². The van der Waals surface area contributed by atoms with Crippen LogP contribution >= 0.6 is 11.8 Å². The van der Waals surface area contributed by atoms with E-state index in [1.54, 1.807) is 36.0 Å². The van der Waals surface area contributed by atoms with Gasteiger partial charge in [0, 0.05) is 27.0 Å². The van der Waals surface area contributed by atoms with Crippen LogP contribution < -0.4 is 26.5 Å². The first-order chi connectivity index (χ1) is 24.6. The predicted molar refractivity (Wildman–Crippen MR) is 188 cm³/mol. The average molecular weight is 676 g/mol. The number of anilines is 4. The van der Waals surface area contributed by atoms with Gasteiger partial charge in [-0.1, -0.05) is 70.6 Å². The lowest BCUT2D eigenvalue weighted by Crippen LogP contribution is -2.40. The molecule has 0 unspecified atom stereocenters. The Morgan fingerprint density at radius 3 is 2.30 bits per heavy atom. The van der Waals surface area contributed by atoms with Gasteiger partial charge in [-0.2, -0.15) is 0 Å². The van der Waals surface area contributed by atoms with E-state index in [-0.39, 0.29) is 5.82 Å². The van der Waals surface area contributed by atoms with Gasteiger partial charge in [0.25, 0.3) is 0 Å². The van der Waals surface area contributed by atoms with Crippen molar-refractivity contribution in [2.45, 2.75) is 9.79 Å². The number of para-hydroxylation sites is 5. The number of ether oxygens (including phenoxy) is 1. The third-order valence-corrected chi connectivity index (χ3v) is 9.91. The highest BCUT2D eigenvalue weighted by molar-refractivity contribution is 7.99. The first-order valence-electron chi connectivity index (χ1n) is 15.5. The van der Waals surface area contributed by atoms with Crippen LogP contribution in [0.2, 0.25) is 0 Å². The van der Waals surface area contributed by atoms with Crippen LogP contribution in [-0.4, -0.2) is 24.6 Å². The largest absolute Gasteiger partial charge is 0.453 e. The Morgan fingerprint density at radius 2 is 1.44 bits per heavy atom. The van der Waals surface area contributed by atoms with E-state index >= 15 is 0 Å². The van der Waals surface area contributed by atoms with Gasteiger partial charge < -0.3 is 19.9 Å². The summed E-state index contributed by atoms with van der Waals surface area (Å²) in [4.78, 5) is 30.8. The van der Waals surface area contributed by atoms with E-state index in [0.29, 0.717) is 45.2 Å². The number of aromatic nitrogens is 5. The second-order valence-electron chi connectivity index (χ2n) is 11.6. The molecular formula is C37H21N7O5S. The molecule has 8 aromatic rings. The summed E-state index contributed by atoms with van der Waals surface area (Å²) in [5, 5.41) is 19.1. The van der Waals surface area contributed by atoms with Crippen LogP contribution in [0.5, 0.6) is 11.5 Å². The first kappa shape index (κ1) is 28.2. The summed E-state index contributed by atoms with van der Waals surface area (Å²) in [5.74, 6) is 1.18. The summed E-state index contributed by atoms with van der Waals surface area (Å²) < 4.78 is 19.2. The van der Waals surface area contributed by atoms with Crippen molar-refractivity contribution in [3.05, 3.63) is 136 Å². The second kappa shape index (κ2) is 10.8. The van der Waals surface area contributed by atoms with Crippen LogP contribution in [-0.2, 0) is 0 Å². The molecule has 50 heavy (non-hydrogen) atoms. The molecule has 2 N–H and O–H groups in total. The van der Waals surface area contributed by atoms with Gasteiger partial charge in [-0.15, -0.1) is 0 Å². The molecule has 0 atom stereocenters. The molecule has 0 bridgehead atoms. The fourth-order valence-corrected chi connectivity index (χ4v) is 7.66. The van der Waals surface area contributed by atoms with Crippen LogP contribution in [0.4, 0.5) is 22.7 Å². The molecule has 0 fully saturated rings. The topological polar surface area (TPSA) is 142 Å². The zero-order chi connectivity index (χ0) is 33.3. The van der Waals surface area contributed by atoms with Gasteiger partial charge in [0.05, 0.1) is 33.8 Å². The van der Waals surface area contributed by atoms with E-state index < -0.39 is 11.1 Å². The van der Waals surface area contributed by atoms with E-state index in [0.717, 1.165) is 38.0 Å². The Balaban J connectivity index is 1.31. The average Bonchev–Trinajstić information content (AvgIpc) is 3.89. The van der Waals surface area contributed by atoms with Crippen molar-refractivity contribution in [2.75, 3.05) is 10.6 Å². The highest BCUT2D eigenvalue weighted by Gasteiger charge is 2.29. The molecular weight excluding hydrogens is 655 g/mol. The zero-order valence-electron chi connectivity index (χ0n) is 25.7. The van der Waals surface area contributed by atoms with Gasteiger partial charge in [-0.3, -0.25) is 14.2 Å². The van der Waals surface area contributed by atoms with E-state index in [1.165, 1.54) is 21.6 Å². The van der Waals surface area contributed by atoms with Crippen LogP contribution in [0.1, 0.15) is 0 Å². The SMILES string of the molecule is O=c1c(=O)n(-c2cnon2)c2c(-c3ccon3)c(-c3cccc4c3Nc3ccccc3S4)ccc2n1-c1cccc2c1Nc1ccccc1O2. The lowest BCUT2D eigenvalue weighted by Gasteiger charge is -2.26. The molecule has 0 aliphatic carbocycles. The molecule has 240 valence electrons. The Kier molecular flexibility index (Phi) is 6.11. The fourth-order valence-electron chi connectivity index (χ4n) is 6.64. The smallest absolute Gasteiger partial charge is 0.323 e. The minimum absolute atomic E-state index is 0.0364. The molecule has 0 radical (unpaired) electrons. The summed E-state index contributed by atoms with van der Waals surface area (Å²) in [7, 11) is 0. The molecule has 2 aliphatic heterocycles. The van der Waals surface area contributed by atoms with Gasteiger partial charge in [-0.25, -0.2) is 9.20 Å². The van der Waals surface area contributed by atoms with Gasteiger partial charge >= 0.3 is 11.1 Å². The van der Waals surface area contributed by atoms with Gasteiger partial charge in [0.1, 0.15) is 23.8 Å². The lowest BCUT2D eigenvalue weighted by atomic mass is 9.94. The Hall–Kier alpha value is -6.86. The van der Waals surface area contributed by atoms with Crippen LogP contribution in [0, 0.1) is 0 Å². The lowest BCUT2D eigenvalue weighted by molar-refractivity contribution is 0.306. The molecule has 12 nitrogen and oxygen atoms in total. The molecule has 0 saturated carbocycles. The minimum atomic E-state index is -0.873. The van der Waals surface area contributed by atoms with E-state index in [1.807, 2.05) is 66.7 Å². The summed E-state index contributed by atoms with van der Waals surface area (Å²) in [5.41, 5.74) is 5.13. The number of benzene rings is 5. The summed E-state index contributed by atoms with van der Waals surface area (Å²) in [6, 6.07) is 32.5. The second-order valence-corrected chi connectivity index (χ2v) is 12.6. The van der Waals surface area contributed by atoms with Crippen molar-refractivity contribution < 1.29 is 13.9 Å². The van der Waals surface area contributed by atoms with Crippen molar-refractivity contribution in [3.63, 3.8) is 0 Å². The summed E-state index contributed by atoms with van der Waals surface area (Å²) >= 11 is 1.67. The number of nitrogens with zero attached hydrogens (tertiary/aromatic N) is 5. The normalized spacial score (nSPS) is 12.6. The first-order valence-corrected chi connectivity index (χ1v) is 16.3. The van der Waals surface area contributed by atoms with Crippen molar-refractivity contribution in [1.82, 2.24) is 24.6 Å². The maximum Gasteiger partial charge on any atom is 0.323 e. The highest BCUT2D eigenvalue weighted by atomic mass is 32.2. The van der Waals surface area contributed by atoms with Crippen LogP contribution in [0.15, 0.2) is 144 Å². The molecule has 2 aliphatic rings. The Bertz CT molecular complexity index is 2770. The predicted octanol–water partition coefficient (Wildman–Crippen LogP) is 7.90. The zero-order valence-corrected chi connectivity index (χ0v) is 26.5. The molecule has 0 spiro atoms. The van der Waals surface area contributed by atoms with Crippen LogP contribution in [0.3, 0.4) is 0 Å². The number of nitrogens with one attached hydrogen (secondary N) is 2. The monoisotopic (exact) mass is 675 g/mol. The number of rotatable bonds is 4. The number of hydrogen-bond acceptors (Lipinski definition) is 11. The maximum atomic E-state index is 14.4. The van der Waals surface area contributed by atoms with E-state index in [4.69, 9.17) is 13.9 Å². The van der Waals surface area contributed by atoms with Gasteiger partial charge in [0.2, 0.25) is 5.82 Å². The van der Waals surface area contributed by atoms with Crippen molar-refractivity contribution in [2.24, 2.45) is 0 Å². The number of fused-ring (bicyclic) bond motifs is 5.